The molecule has 27 heavy (non-hydrogen) atoms. The first-order chi connectivity index (χ1) is 13.4. The first kappa shape index (κ1) is 18.3. The predicted molar refractivity (Wildman–Crippen MR) is 113 cm³/mol. The van der Waals surface area contributed by atoms with Gasteiger partial charge in [0.05, 0.1) is 5.69 Å². The van der Waals surface area contributed by atoms with Crippen molar-refractivity contribution in [1.29, 1.82) is 0 Å². The molecule has 1 aromatic heterocycles. The number of piperazine rings is 1. The maximum atomic E-state index is 4.20. The van der Waals surface area contributed by atoms with Crippen molar-refractivity contribution in [2.24, 2.45) is 5.92 Å². The molecule has 1 saturated carbocycles. The number of anilines is 2. The summed E-state index contributed by atoms with van der Waals surface area (Å²) < 4.78 is 0. The number of hydrogen-bond acceptors (Lipinski definition) is 4. The first-order valence-corrected chi connectivity index (χ1v) is 10.6. The summed E-state index contributed by atoms with van der Waals surface area (Å²) in [7, 11) is 0. The summed E-state index contributed by atoms with van der Waals surface area (Å²) in [6, 6.07) is 15.6. The molecular weight excluding hydrogens is 332 g/mol. The number of pyridine rings is 1. The van der Waals surface area contributed by atoms with E-state index >= 15 is 0 Å². The highest BCUT2D eigenvalue weighted by molar-refractivity contribution is 5.46. The van der Waals surface area contributed by atoms with E-state index in [0.29, 0.717) is 6.04 Å². The van der Waals surface area contributed by atoms with Crippen LogP contribution in [-0.4, -0.2) is 48.6 Å². The Morgan fingerprint density at radius 2 is 1.67 bits per heavy atom. The number of para-hydroxylation sites is 1. The standard InChI is InChI=1S/C23H32N4/c1-2-6-23(7-3-1)27-17-15-26(16-18-27)14-12-20-8-10-21(11-9-20)25-22-5-4-13-24-19-22/h1-7,13,19-21,25H,8-12,14-18H2. The molecule has 1 N–H and O–H groups in total. The van der Waals surface area contributed by atoms with Crippen LogP contribution in [0.1, 0.15) is 32.1 Å². The SMILES string of the molecule is c1ccc(N2CCN(CCC3CCC(Nc4cccnc4)CC3)CC2)cc1. The molecular formula is C23H32N4. The Kier molecular flexibility index (Phi) is 6.25. The largest absolute Gasteiger partial charge is 0.381 e. The van der Waals surface area contributed by atoms with Crippen molar-refractivity contribution in [3.63, 3.8) is 0 Å². The zero-order valence-electron chi connectivity index (χ0n) is 16.3. The third-order valence-electron chi connectivity index (χ3n) is 6.23. The van der Waals surface area contributed by atoms with E-state index in [1.54, 1.807) is 0 Å². The minimum Gasteiger partial charge on any atom is -0.381 e. The molecule has 2 aromatic rings. The van der Waals surface area contributed by atoms with E-state index in [0.717, 1.165) is 24.7 Å². The Balaban J connectivity index is 1.14. The Bertz CT molecular complexity index is 659. The Hall–Kier alpha value is -2.07. The lowest BCUT2D eigenvalue weighted by Gasteiger charge is -2.37. The lowest BCUT2D eigenvalue weighted by atomic mass is 9.84. The maximum Gasteiger partial charge on any atom is 0.0528 e. The van der Waals surface area contributed by atoms with E-state index < -0.39 is 0 Å². The van der Waals surface area contributed by atoms with Crippen LogP contribution >= 0.6 is 0 Å². The molecule has 144 valence electrons. The van der Waals surface area contributed by atoms with Gasteiger partial charge in [-0.1, -0.05) is 18.2 Å². The van der Waals surface area contributed by atoms with E-state index in [1.807, 2.05) is 18.5 Å². The fraction of sp³-hybridized carbons (Fsp3) is 0.522. The summed E-state index contributed by atoms with van der Waals surface area (Å²) >= 11 is 0. The topological polar surface area (TPSA) is 31.4 Å². The van der Waals surface area contributed by atoms with E-state index in [2.05, 4.69) is 56.5 Å². The molecule has 0 radical (unpaired) electrons. The summed E-state index contributed by atoms with van der Waals surface area (Å²) in [5.74, 6) is 0.907. The first-order valence-electron chi connectivity index (χ1n) is 10.6. The van der Waals surface area contributed by atoms with Gasteiger partial charge in [0.25, 0.3) is 0 Å². The van der Waals surface area contributed by atoms with E-state index in [-0.39, 0.29) is 0 Å². The summed E-state index contributed by atoms with van der Waals surface area (Å²) in [5, 5.41) is 3.65. The van der Waals surface area contributed by atoms with Gasteiger partial charge in [0, 0.05) is 50.3 Å². The van der Waals surface area contributed by atoms with Gasteiger partial charge < -0.3 is 10.2 Å². The van der Waals surface area contributed by atoms with Gasteiger partial charge >= 0.3 is 0 Å². The van der Waals surface area contributed by atoms with Crippen LogP contribution in [0.3, 0.4) is 0 Å². The minimum atomic E-state index is 0.625. The number of aromatic nitrogens is 1. The van der Waals surface area contributed by atoms with Crippen LogP contribution in [0.15, 0.2) is 54.9 Å². The zero-order chi connectivity index (χ0) is 18.3. The Morgan fingerprint density at radius 3 is 2.37 bits per heavy atom. The second kappa shape index (κ2) is 9.23. The average Bonchev–Trinajstić information content (AvgIpc) is 2.75. The van der Waals surface area contributed by atoms with Crippen LogP contribution in [0.25, 0.3) is 0 Å². The Morgan fingerprint density at radius 1 is 0.889 bits per heavy atom. The van der Waals surface area contributed by atoms with Crippen molar-refractivity contribution in [1.82, 2.24) is 9.88 Å². The van der Waals surface area contributed by atoms with E-state index in [1.165, 1.54) is 57.4 Å². The van der Waals surface area contributed by atoms with Crippen molar-refractivity contribution in [3.8, 4) is 0 Å². The van der Waals surface area contributed by atoms with Gasteiger partial charge in [0.1, 0.15) is 0 Å². The molecule has 1 aliphatic carbocycles. The van der Waals surface area contributed by atoms with Crippen LogP contribution in [0.4, 0.5) is 11.4 Å². The quantitative estimate of drug-likeness (QED) is 0.830. The number of benzene rings is 1. The summed E-state index contributed by atoms with van der Waals surface area (Å²) in [4.78, 5) is 9.39. The number of rotatable bonds is 6. The lowest BCUT2D eigenvalue weighted by Crippen LogP contribution is -2.47. The number of nitrogens with zero attached hydrogens (tertiary/aromatic N) is 3. The fourth-order valence-corrected chi connectivity index (χ4v) is 4.51. The Labute approximate surface area is 163 Å². The van der Waals surface area contributed by atoms with Crippen molar-refractivity contribution < 1.29 is 0 Å². The molecule has 4 nitrogen and oxygen atoms in total. The van der Waals surface area contributed by atoms with Crippen molar-refractivity contribution in [3.05, 3.63) is 54.9 Å². The van der Waals surface area contributed by atoms with Gasteiger partial charge in [-0.2, -0.15) is 0 Å². The molecule has 1 aromatic carbocycles. The van der Waals surface area contributed by atoms with Crippen molar-refractivity contribution in [2.45, 2.75) is 38.1 Å². The summed E-state index contributed by atoms with van der Waals surface area (Å²) in [6.07, 6.45) is 10.4. The third-order valence-corrected chi connectivity index (χ3v) is 6.23. The summed E-state index contributed by atoms with van der Waals surface area (Å²) in [5.41, 5.74) is 2.54. The molecule has 0 unspecified atom stereocenters. The molecule has 0 bridgehead atoms. The van der Waals surface area contributed by atoms with Gasteiger partial charge in [0.2, 0.25) is 0 Å². The molecule has 2 fully saturated rings. The second-order valence-corrected chi connectivity index (χ2v) is 8.06. The van der Waals surface area contributed by atoms with Gasteiger partial charge in [-0.25, -0.2) is 0 Å². The second-order valence-electron chi connectivity index (χ2n) is 8.06. The highest BCUT2D eigenvalue weighted by atomic mass is 15.3. The van der Waals surface area contributed by atoms with Gasteiger partial charge in [-0.15, -0.1) is 0 Å². The van der Waals surface area contributed by atoms with Crippen LogP contribution in [0, 0.1) is 5.92 Å². The highest BCUT2D eigenvalue weighted by Crippen LogP contribution is 2.29. The molecule has 4 rings (SSSR count). The maximum absolute atomic E-state index is 4.20. The van der Waals surface area contributed by atoms with Gasteiger partial charge in [-0.3, -0.25) is 9.88 Å². The number of nitrogens with one attached hydrogen (secondary N) is 1. The smallest absolute Gasteiger partial charge is 0.0528 e. The lowest BCUT2D eigenvalue weighted by molar-refractivity contribution is 0.218. The predicted octanol–water partition coefficient (Wildman–Crippen LogP) is 4.26. The molecule has 4 heteroatoms. The molecule has 2 aliphatic rings. The molecule has 1 aliphatic heterocycles. The monoisotopic (exact) mass is 364 g/mol. The fourth-order valence-electron chi connectivity index (χ4n) is 4.51. The normalized spacial score (nSPS) is 23.9. The van der Waals surface area contributed by atoms with Crippen molar-refractivity contribution >= 4 is 11.4 Å². The van der Waals surface area contributed by atoms with E-state index in [9.17, 15) is 0 Å². The molecule has 0 atom stereocenters. The molecule has 0 spiro atoms. The molecule has 2 heterocycles. The number of hydrogen-bond donors (Lipinski definition) is 1. The van der Waals surface area contributed by atoms with Gasteiger partial charge in [0.15, 0.2) is 0 Å². The van der Waals surface area contributed by atoms with Crippen LogP contribution in [-0.2, 0) is 0 Å². The minimum absolute atomic E-state index is 0.625. The van der Waals surface area contributed by atoms with E-state index in [4.69, 9.17) is 0 Å². The van der Waals surface area contributed by atoms with Crippen molar-refractivity contribution in [2.75, 3.05) is 42.9 Å². The highest BCUT2D eigenvalue weighted by Gasteiger charge is 2.23. The van der Waals surface area contributed by atoms with Crippen LogP contribution in [0.2, 0.25) is 0 Å². The average molecular weight is 365 g/mol. The van der Waals surface area contributed by atoms with Gasteiger partial charge in [-0.05, 0) is 68.8 Å². The zero-order valence-corrected chi connectivity index (χ0v) is 16.3. The summed E-state index contributed by atoms with van der Waals surface area (Å²) in [6.45, 7) is 5.99. The van der Waals surface area contributed by atoms with Crippen LogP contribution in [0.5, 0.6) is 0 Å². The van der Waals surface area contributed by atoms with Crippen LogP contribution < -0.4 is 10.2 Å². The molecule has 1 saturated heterocycles. The third kappa shape index (κ3) is 5.23. The molecule has 0 amide bonds.